The van der Waals surface area contributed by atoms with E-state index >= 15 is 0 Å². The van der Waals surface area contributed by atoms with E-state index in [1.807, 2.05) is 0 Å². The highest BCUT2D eigenvalue weighted by Gasteiger charge is 2.27. The molecule has 2 rings (SSSR count). The van der Waals surface area contributed by atoms with E-state index in [4.69, 9.17) is 9.84 Å². The molecule has 1 aromatic rings. The number of aliphatic carboxylic acids is 1. The monoisotopic (exact) mass is 327 g/mol. The lowest BCUT2D eigenvalue weighted by molar-refractivity contribution is -0.147. The van der Waals surface area contributed by atoms with E-state index < -0.39 is 24.1 Å². The van der Waals surface area contributed by atoms with Crippen molar-refractivity contribution < 1.29 is 28.2 Å². The number of aryl methyl sites for hydroxylation is 1. The molecule has 1 fully saturated rings. The van der Waals surface area contributed by atoms with Crippen LogP contribution in [-0.2, 0) is 20.7 Å². The molecule has 0 atom stereocenters. The Kier molecular flexibility index (Phi) is 6.04. The molecule has 1 heterocycles. The number of rotatable bonds is 6. The minimum Gasteiger partial charge on any atom is -0.480 e. The average Bonchev–Trinajstić information content (AvgIpc) is 2.54. The summed E-state index contributed by atoms with van der Waals surface area (Å²) in [4.78, 5) is 24.7. The predicted molar refractivity (Wildman–Crippen MR) is 77.9 cm³/mol. The first kappa shape index (κ1) is 17.3. The van der Waals surface area contributed by atoms with Crippen LogP contribution in [-0.4, -0.2) is 47.7 Å². The van der Waals surface area contributed by atoms with Crippen LogP contribution in [0.4, 0.5) is 8.78 Å². The SMILES string of the molecule is O=C(O)CN(C(=O)CCc1cc(F)ccc1F)C1CCOCC1. The maximum atomic E-state index is 13.6. The van der Waals surface area contributed by atoms with Crippen molar-refractivity contribution in [1.29, 1.82) is 0 Å². The van der Waals surface area contributed by atoms with Crippen molar-refractivity contribution in [1.82, 2.24) is 4.90 Å². The maximum absolute atomic E-state index is 13.6. The lowest BCUT2D eigenvalue weighted by atomic mass is 10.0. The second kappa shape index (κ2) is 8.01. The first-order valence-corrected chi connectivity index (χ1v) is 7.50. The fourth-order valence-electron chi connectivity index (χ4n) is 2.68. The van der Waals surface area contributed by atoms with E-state index in [0.29, 0.717) is 26.1 Å². The van der Waals surface area contributed by atoms with Gasteiger partial charge in [0.2, 0.25) is 5.91 Å². The highest BCUT2D eigenvalue weighted by molar-refractivity contribution is 5.81. The van der Waals surface area contributed by atoms with E-state index in [9.17, 15) is 18.4 Å². The van der Waals surface area contributed by atoms with Crippen molar-refractivity contribution in [3.8, 4) is 0 Å². The number of carboxylic acids is 1. The second-order valence-electron chi connectivity index (χ2n) is 5.49. The van der Waals surface area contributed by atoms with E-state index in [0.717, 1.165) is 18.2 Å². The standard InChI is InChI=1S/C16H19F2NO4/c17-12-2-3-14(18)11(9-12)1-4-15(20)19(10-16(21)22)13-5-7-23-8-6-13/h2-3,9,13H,1,4-8,10H2,(H,21,22). The molecule has 0 saturated carbocycles. The molecule has 1 aromatic carbocycles. The zero-order valence-corrected chi connectivity index (χ0v) is 12.6. The number of carboxylic acid groups (broad SMARTS) is 1. The molecule has 126 valence electrons. The van der Waals surface area contributed by atoms with E-state index in [2.05, 4.69) is 0 Å². The van der Waals surface area contributed by atoms with Gasteiger partial charge in [0.05, 0.1) is 0 Å². The van der Waals surface area contributed by atoms with Gasteiger partial charge in [-0.05, 0) is 43.0 Å². The number of hydrogen-bond acceptors (Lipinski definition) is 3. The molecule has 1 amide bonds. The molecule has 1 aliphatic rings. The Labute approximate surface area is 132 Å². The van der Waals surface area contributed by atoms with Crippen molar-refractivity contribution in [3.05, 3.63) is 35.4 Å². The smallest absolute Gasteiger partial charge is 0.323 e. The number of carbonyl (C=O) groups excluding carboxylic acids is 1. The van der Waals surface area contributed by atoms with Crippen LogP contribution in [0.25, 0.3) is 0 Å². The van der Waals surface area contributed by atoms with Gasteiger partial charge in [0.1, 0.15) is 18.2 Å². The summed E-state index contributed by atoms with van der Waals surface area (Å²) in [5, 5.41) is 8.99. The first-order chi connectivity index (χ1) is 11.0. The van der Waals surface area contributed by atoms with Gasteiger partial charge in [0.25, 0.3) is 0 Å². The topological polar surface area (TPSA) is 66.8 Å². The van der Waals surface area contributed by atoms with Crippen LogP contribution >= 0.6 is 0 Å². The lowest BCUT2D eigenvalue weighted by Gasteiger charge is -2.33. The third-order valence-electron chi connectivity index (χ3n) is 3.87. The van der Waals surface area contributed by atoms with Crippen molar-refractivity contribution in [2.45, 2.75) is 31.7 Å². The van der Waals surface area contributed by atoms with Crippen LogP contribution in [0.5, 0.6) is 0 Å². The number of ether oxygens (including phenoxy) is 1. The highest BCUT2D eigenvalue weighted by Crippen LogP contribution is 2.17. The molecule has 0 spiro atoms. The maximum Gasteiger partial charge on any atom is 0.323 e. The van der Waals surface area contributed by atoms with Gasteiger partial charge in [-0.1, -0.05) is 0 Å². The molecular weight excluding hydrogens is 308 g/mol. The van der Waals surface area contributed by atoms with Crippen LogP contribution in [0.2, 0.25) is 0 Å². The summed E-state index contributed by atoms with van der Waals surface area (Å²) in [5.41, 5.74) is 0.112. The summed E-state index contributed by atoms with van der Waals surface area (Å²) in [7, 11) is 0. The number of nitrogens with zero attached hydrogens (tertiary/aromatic N) is 1. The number of carbonyl (C=O) groups is 2. The molecule has 0 aliphatic carbocycles. The molecule has 0 radical (unpaired) electrons. The fraction of sp³-hybridized carbons (Fsp3) is 0.500. The van der Waals surface area contributed by atoms with E-state index in [-0.39, 0.29) is 30.4 Å². The molecule has 0 bridgehead atoms. The Morgan fingerprint density at radius 1 is 1.26 bits per heavy atom. The van der Waals surface area contributed by atoms with Gasteiger partial charge >= 0.3 is 5.97 Å². The minimum atomic E-state index is -1.10. The van der Waals surface area contributed by atoms with Crippen LogP contribution in [0.15, 0.2) is 18.2 Å². The number of amides is 1. The highest BCUT2D eigenvalue weighted by atomic mass is 19.1. The van der Waals surface area contributed by atoms with Crippen molar-refractivity contribution in [2.24, 2.45) is 0 Å². The summed E-state index contributed by atoms with van der Waals surface area (Å²) in [6, 6.07) is 2.89. The number of hydrogen-bond donors (Lipinski definition) is 1. The molecular formula is C16H19F2NO4. The van der Waals surface area contributed by atoms with Crippen LogP contribution in [0.3, 0.4) is 0 Å². The van der Waals surface area contributed by atoms with Crippen LogP contribution in [0, 0.1) is 11.6 Å². The number of halogens is 2. The molecule has 7 heteroatoms. The van der Waals surface area contributed by atoms with Crippen LogP contribution < -0.4 is 0 Å². The van der Waals surface area contributed by atoms with Gasteiger partial charge in [-0.2, -0.15) is 0 Å². The van der Waals surface area contributed by atoms with Crippen molar-refractivity contribution in [2.75, 3.05) is 19.8 Å². The van der Waals surface area contributed by atoms with Gasteiger partial charge in [0.15, 0.2) is 0 Å². The summed E-state index contributed by atoms with van der Waals surface area (Å²) in [6.07, 6.45) is 1.12. The molecule has 1 N–H and O–H groups in total. The molecule has 23 heavy (non-hydrogen) atoms. The van der Waals surface area contributed by atoms with Gasteiger partial charge < -0.3 is 14.7 Å². The molecule has 0 unspecified atom stereocenters. The van der Waals surface area contributed by atoms with E-state index in [1.54, 1.807) is 0 Å². The Morgan fingerprint density at radius 3 is 2.61 bits per heavy atom. The predicted octanol–water partition coefficient (Wildman–Crippen LogP) is 1.99. The molecule has 1 aliphatic heterocycles. The van der Waals surface area contributed by atoms with Crippen LogP contribution in [0.1, 0.15) is 24.8 Å². The molecule has 5 nitrogen and oxygen atoms in total. The largest absolute Gasteiger partial charge is 0.480 e. The zero-order valence-electron chi connectivity index (χ0n) is 12.6. The second-order valence-corrected chi connectivity index (χ2v) is 5.49. The fourth-order valence-corrected chi connectivity index (χ4v) is 2.68. The third kappa shape index (κ3) is 4.99. The normalized spacial score (nSPS) is 15.4. The first-order valence-electron chi connectivity index (χ1n) is 7.50. The van der Waals surface area contributed by atoms with Gasteiger partial charge in [-0.3, -0.25) is 9.59 Å². The van der Waals surface area contributed by atoms with Crippen molar-refractivity contribution >= 4 is 11.9 Å². The average molecular weight is 327 g/mol. The van der Waals surface area contributed by atoms with Crippen molar-refractivity contribution in [3.63, 3.8) is 0 Å². The van der Waals surface area contributed by atoms with Gasteiger partial charge in [-0.15, -0.1) is 0 Å². The zero-order chi connectivity index (χ0) is 16.8. The Hall–Kier alpha value is -2.02. The summed E-state index contributed by atoms with van der Waals surface area (Å²) in [6.45, 7) is 0.564. The summed E-state index contributed by atoms with van der Waals surface area (Å²) in [5.74, 6) is -2.61. The summed E-state index contributed by atoms with van der Waals surface area (Å²) >= 11 is 0. The number of benzene rings is 1. The quantitative estimate of drug-likeness (QED) is 0.868. The third-order valence-corrected chi connectivity index (χ3v) is 3.87. The van der Waals surface area contributed by atoms with E-state index in [1.165, 1.54) is 4.90 Å². The Morgan fingerprint density at radius 2 is 1.96 bits per heavy atom. The minimum absolute atomic E-state index is 0.0295. The summed E-state index contributed by atoms with van der Waals surface area (Å²) < 4.78 is 31.9. The molecule has 0 aromatic heterocycles. The van der Waals surface area contributed by atoms with Gasteiger partial charge in [0, 0.05) is 25.7 Å². The Bertz CT molecular complexity index is 573. The Balaban J connectivity index is 2.01. The molecule has 1 saturated heterocycles. The van der Waals surface area contributed by atoms with Gasteiger partial charge in [-0.25, -0.2) is 8.78 Å². The lowest BCUT2D eigenvalue weighted by Crippen LogP contribution is -2.46.